The number of nitrogens with zero attached hydrogens (tertiary/aromatic N) is 2. The van der Waals surface area contributed by atoms with Crippen molar-refractivity contribution in [2.45, 2.75) is 43.8 Å². The molecule has 0 aliphatic heterocycles. The lowest BCUT2D eigenvalue weighted by Crippen LogP contribution is -2.18. The van der Waals surface area contributed by atoms with Crippen LogP contribution in [0.4, 0.5) is 4.39 Å². The first-order chi connectivity index (χ1) is 10.0. The zero-order valence-electron chi connectivity index (χ0n) is 12.8. The molecule has 1 aromatic carbocycles. The lowest BCUT2D eigenvalue weighted by Gasteiger charge is -2.17. The molecule has 0 radical (unpaired) electrons. The molecule has 0 fully saturated rings. The summed E-state index contributed by atoms with van der Waals surface area (Å²) in [4.78, 5) is 9.36. The van der Waals surface area contributed by atoms with Gasteiger partial charge in [-0.25, -0.2) is 14.4 Å². The molecule has 0 aliphatic rings. The third kappa shape index (κ3) is 4.02. The Kier molecular flexibility index (Phi) is 5.31. The van der Waals surface area contributed by atoms with Crippen molar-refractivity contribution in [3.63, 3.8) is 0 Å². The van der Waals surface area contributed by atoms with Crippen LogP contribution in [0.2, 0.25) is 0 Å². The maximum atomic E-state index is 14.2. The van der Waals surface area contributed by atoms with Crippen LogP contribution in [0.15, 0.2) is 34.3 Å². The topological polar surface area (TPSA) is 37.8 Å². The fourth-order valence-electron chi connectivity index (χ4n) is 2.22. The third-order valence-corrected chi connectivity index (χ3v) is 4.13. The van der Waals surface area contributed by atoms with Gasteiger partial charge in [0.05, 0.1) is 4.90 Å². The van der Waals surface area contributed by atoms with Gasteiger partial charge in [0.1, 0.15) is 5.82 Å². The number of aryl methyl sites for hydroxylation is 2. The maximum Gasteiger partial charge on any atom is 0.192 e. The highest BCUT2D eigenvalue weighted by Crippen LogP contribution is 2.33. The van der Waals surface area contributed by atoms with Gasteiger partial charge in [0.15, 0.2) is 5.16 Å². The Hall–Kier alpha value is -1.46. The zero-order chi connectivity index (χ0) is 15.4. The predicted molar refractivity (Wildman–Crippen MR) is 84.1 cm³/mol. The summed E-state index contributed by atoms with van der Waals surface area (Å²) in [6.45, 7) is 8.74. The van der Waals surface area contributed by atoms with E-state index in [1.165, 1.54) is 17.8 Å². The van der Waals surface area contributed by atoms with Crippen LogP contribution in [0.1, 0.15) is 36.8 Å². The summed E-state index contributed by atoms with van der Waals surface area (Å²) in [5.41, 5.74) is 2.72. The average molecular weight is 305 g/mol. The average Bonchev–Trinajstić information content (AvgIpc) is 2.40. The van der Waals surface area contributed by atoms with Crippen LogP contribution in [0.3, 0.4) is 0 Å². The fourth-order valence-corrected chi connectivity index (χ4v) is 3.31. The first kappa shape index (κ1) is 15.9. The minimum Gasteiger partial charge on any atom is -0.310 e. The highest BCUT2D eigenvalue weighted by molar-refractivity contribution is 7.99. The number of nitrogens with one attached hydrogen (secondary N) is 1. The van der Waals surface area contributed by atoms with Gasteiger partial charge in [-0.3, -0.25) is 0 Å². The van der Waals surface area contributed by atoms with Gasteiger partial charge in [-0.1, -0.05) is 19.1 Å². The van der Waals surface area contributed by atoms with Crippen molar-refractivity contribution >= 4 is 11.8 Å². The van der Waals surface area contributed by atoms with Gasteiger partial charge >= 0.3 is 0 Å². The van der Waals surface area contributed by atoms with Crippen LogP contribution in [0.25, 0.3) is 0 Å². The molecule has 0 saturated carbocycles. The zero-order valence-corrected chi connectivity index (χ0v) is 13.6. The summed E-state index contributed by atoms with van der Waals surface area (Å²) >= 11 is 1.29. The monoisotopic (exact) mass is 305 g/mol. The molecule has 2 aromatic rings. The van der Waals surface area contributed by atoms with Crippen molar-refractivity contribution in [1.82, 2.24) is 15.3 Å². The Morgan fingerprint density at radius 1 is 1.24 bits per heavy atom. The lowest BCUT2D eigenvalue weighted by atomic mass is 10.1. The fraction of sp³-hybridized carbons (Fsp3) is 0.375. The second kappa shape index (κ2) is 7.00. The quantitative estimate of drug-likeness (QED) is 0.846. The minimum absolute atomic E-state index is 0.0825. The molecule has 3 nitrogen and oxygen atoms in total. The van der Waals surface area contributed by atoms with Crippen molar-refractivity contribution in [2.24, 2.45) is 0 Å². The predicted octanol–water partition coefficient (Wildman–Crippen LogP) is 4.05. The van der Waals surface area contributed by atoms with E-state index in [1.54, 1.807) is 6.07 Å². The number of aromatic nitrogens is 2. The maximum absolute atomic E-state index is 14.2. The van der Waals surface area contributed by atoms with Gasteiger partial charge in [0, 0.05) is 17.4 Å². The number of hydrogen-bond acceptors (Lipinski definition) is 4. The highest BCUT2D eigenvalue weighted by Gasteiger charge is 2.16. The van der Waals surface area contributed by atoms with E-state index in [0.717, 1.165) is 23.5 Å². The van der Waals surface area contributed by atoms with Gasteiger partial charge in [-0.2, -0.15) is 0 Å². The Labute approximate surface area is 129 Å². The van der Waals surface area contributed by atoms with Crippen LogP contribution in [-0.4, -0.2) is 16.5 Å². The van der Waals surface area contributed by atoms with Gasteiger partial charge in [-0.15, -0.1) is 0 Å². The molecule has 0 spiro atoms. The number of hydrogen-bond donors (Lipinski definition) is 1. The van der Waals surface area contributed by atoms with Crippen molar-refractivity contribution in [2.75, 3.05) is 6.54 Å². The molecular formula is C16H20FN3S. The summed E-state index contributed by atoms with van der Waals surface area (Å²) in [6, 6.07) is 7.16. The lowest BCUT2D eigenvalue weighted by molar-refractivity contribution is 0.557. The Bertz CT molecular complexity index is 611. The molecule has 5 heteroatoms. The minimum atomic E-state index is -0.231. The van der Waals surface area contributed by atoms with Crippen LogP contribution in [0, 0.1) is 19.7 Å². The standard InChI is InChI=1S/C16H20FN3S/c1-5-18-12(4)13-7-6-8-14(17)15(13)21-16-19-10(2)9-11(3)20-16/h6-9,12,18H,5H2,1-4H3. The number of halogens is 1. The molecule has 2 rings (SSSR count). The Morgan fingerprint density at radius 3 is 2.52 bits per heavy atom. The van der Waals surface area contributed by atoms with E-state index < -0.39 is 0 Å². The highest BCUT2D eigenvalue weighted by atomic mass is 32.2. The summed E-state index contributed by atoms with van der Waals surface area (Å²) < 4.78 is 14.2. The molecule has 0 bridgehead atoms. The van der Waals surface area contributed by atoms with Crippen LogP contribution < -0.4 is 5.32 Å². The summed E-state index contributed by atoms with van der Waals surface area (Å²) in [7, 11) is 0. The van der Waals surface area contributed by atoms with Crippen molar-refractivity contribution in [3.8, 4) is 0 Å². The molecule has 1 atom stereocenters. The molecule has 1 N–H and O–H groups in total. The largest absolute Gasteiger partial charge is 0.310 e. The molecule has 1 heterocycles. The molecule has 0 aliphatic carbocycles. The Balaban J connectivity index is 2.38. The van der Waals surface area contributed by atoms with Gasteiger partial charge in [0.25, 0.3) is 0 Å². The van der Waals surface area contributed by atoms with E-state index in [-0.39, 0.29) is 11.9 Å². The molecular weight excluding hydrogens is 285 g/mol. The second-order valence-corrected chi connectivity index (χ2v) is 5.95. The van der Waals surface area contributed by atoms with Crippen LogP contribution >= 0.6 is 11.8 Å². The first-order valence-electron chi connectivity index (χ1n) is 7.03. The van der Waals surface area contributed by atoms with Crippen molar-refractivity contribution in [3.05, 3.63) is 47.0 Å². The molecule has 0 saturated heterocycles. The number of benzene rings is 1. The summed E-state index contributed by atoms with van der Waals surface area (Å²) in [6.07, 6.45) is 0. The van der Waals surface area contributed by atoms with Gasteiger partial charge < -0.3 is 5.32 Å². The van der Waals surface area contributed by atoms with E-state index in [2.05, 4.69) is 15.3 Å². The normalized spacial score (nSPS) is 12.4. The molecule has 1 aromatic heterocycles. The van der Waals surface area contributed by atoms with Crippen LogP contribution in [0.5, 0.6) is 0 Å². The van der Waals surface area contributed by atoms with Crippen molar-refractivity contribution < 1.29 is 4.39 Å². The molecule has 1 unspecified atom stereocenters. The molecule has 112 valence electrons. The molecule has 0 amide bonds. The van der Waals surface area contributed by atoms with E-state index in [9.17, 15) is 4.39 Å². The SMILES string of the molecule is CCNC(C)c1cccc(F)c1Sc1nc(C)cc(C)n1. The van der Waals surface area contributed by atoms with Gasteiger partial charge in [-0.05, 0) is 56.8 Å². The Morgan fingerprint density at radius 2 is 1.90 bits per heavy atom. The number of rotatable bonds is 5. The second-order valence-electron chi connectivity index (χ2n) is 4.97. The van der Waals surface area contributed by atoms with Gasteiger partial charge in [0.2, 0.25) is 0 Å². The van der Waals surface area contributed by atoms with Crippen molar-refractivity contribution in [1.29, 1.82) is 0 Å². The van der Waals surface area contributed by atoms with E-state index >= 15 is 0 Å². The summed E-state index contributed by atoms with van der Waals surface area (Å²) in [5.74, 6) is -0.231. The summed E-state index contributed by atoms with van der Waals surface area (Å²) in [5, 5.41) is 3.90. The molecule has 21 heavy (non-hydrogen) atoms. The first-order valence-corrected chi connectivity index (χ1v) is 7.84. The van der Waals surface area contributed by atoms with E-state index in [4.69, 9.17) is 0 Å². The van der Waals surface area contributed by atoms with E-state index in [1.807, 2.05) is 39.8 Å². The smallest absolute Gasteiger partial charge is 0.192 e. The van der Waals surface area contributed by atoms with E-state index in [0.29, 0.717) is 10.1 Å². The van der Waals surface area contributed by atoms with Crippen LogP contribution in [-0.2, 0) is 0 Å². The third-order valence-electron chi connectivity index (χ3n) is 3.13.